The second-order valence-electron chi connectivity index (χ2n) is 7.18. The molecule has 4 nitrogen and oxygen atoms in total. The molecule has 3 aromatic carbocycles. The largest absolute Gasteiger partial charge is 0.485 e. The minimum atomic E-state index is -0.206. The predicted octanol–water partition coefficient (Wildman–Crippen LogP) is 5.96. The Labute approximate surface area is 174 Å². The zero-order chi connectivity index (χ0) is 20.5. The van der Waals surface area contributed by atoms with E-state index < -0.39 is 0 Å². The van der Waals surface area contributed by atoms with Crippen molar-refractivity contribution >= 4 is 28.5 Å². The number of ether oxygens (including phenoxy) is 1. The molecule has 0 N–H and O–H groups in total. The van der Waals surface area contributed by atoms with E-state index in [-0.39, 0.29) is 11.9 Å². The zero-order valence-corrected chi connectivity index (χ0v) is 16.4. The van der Waals surface area contributed by atoms with Gasteiger partial charge in [-0.2, -0.15) is 0 Å². The van der Waals surface area contributed by atoms with Gasteiger partial charge in [-0.1, -0.05) is 60.7 Å². The van der Waals surface area contributed by atoms with E-state index in [9.17, 15) is 4.79 Å². The third-order valence-corrected chi connectivity index (χ3v) is 5.13. The topological polar surface area (TPSA) is 52.3 Å². The molecule has 1 aliphatic rings. The standard InChI is InChI=1S/C26H19NO3/c1-17-20(15-19-11-5-7-13-23(19)29-17)16-21(25(28)18-9-3-2-4-10-18)26-27-22-12-6-8-14-24(22)30-26/h2-17H,1H3/b21-16+/t17-/m1/s1. The third kappa shape index (κ3) is 3.33. The highest BCUT2D eigenvalue weighted by atomic mass is 16.5. The maximum absolute atomic E-state index is 13.4. The lowest BCUT2D eigenvalue weighted by atomic mass is 9.96. The molecule has 4 heteroatoms. The van der Waals surface area contributed by atoms with Gasteiger partial charge in [0.15, 0.2) is 11.4 Å². The summed E-state index contributed by atoms with van der Waals surface area (Å²) in [6.07, 6.45) is 3.67. The van der Waals surface area contributed by atoms with Crippen LogP contribution < -0.4 is 4.74 Å². The van der Waals surface area contributed by atoms with Gasteiger partial charge in [0.1, 0.15) is 17.4 Å². The fourth-order valence-electron chi connectivity index (χ4n) is 3.55. The van der Waals surface area contributed by atoms with Gasteiger partial charge in [0, 0.05) is 11.1 Å². The summed E-state index contributed by atoms with van der Waals surface area (Å²) < 4.78 is 12.0. The quantitative estimate of drug-likeness (QED) is 0.317. The molecule has 1 aliphatic heterocycles. The Kier molecular flexibility index (Phi) is 4.52. The van der Waals surface area contributed by atoms with E-state index in [4.69, 9.17) is 9.15 Å². The van der Waals surface area contributed by atoms with Crippen molar-refractivity contribution in [2.24, 2.45) is 0 Å². The Bertz CT molecular complexity index is 1270. The average Bonchev–Trinajstić information content (AvgIpc) is 3.21. The molecule has 0 saturated heterocycles. The van der Waals surface area contributed by atoms with Gasteiger partial charge in [-0.25, -0.2) is 4.98 Å². The smallest absolute Gasteiger partial charge is 0.231 e. The highest BCUT2D eigenvalue weighted by Crippen LogP contribution is 2.32. The van der Waals surface area contributed by atoms with E-state index in [1.54, 1.807) is 12.1 Å². The number of ketones is 1. The first-order chi connectivity index (χ1) is 14.7. The summed E-state index contributed by atoms with van der Waals surface area (Å²) in [5.74, 6) is 0.992. The zero-order valence-electron chi connectivity index (χ0n) is 16.4. The van der Waals surface area contributed by atoms with Crippen molar-refractivity contribution in [3.63, 3.8) is 0 Å². The van der Waals surface area contributed by atoms with Gasteiger partial charge in [-0.3, -0.25) is 4.79 Å². The number of carbonyl (C=O) groups is 1. The first-order valence-corrected chi connectivity index (χ1v) is 9.84. The van der Waals surface area contributed by atoms with Crippen molar-refractivity contribution in [3.8, 4) is 5.75 Å². The SMILES string of the molecule is C[C@H]1Oc2ccccc2C=C1/C=C(\C(=O)c1ccccc1)c1nc2ccccc2o1. The molecule has 0 bridgehead atoms. The van der Waals surface area contributed by atoms with Gasteiger partial charge in [0.25, 0.3) is 0 Å². The van der Waals surface area contributed by atoms with Crippen molar-refractivity contribution in [1.82, 2.24) is 4.98 Å². The van der Waals surface area contributed by atoms with E-state index in [1.165, 1.54) is 0 Å². The van der Waals surface area contributed by atoms with Crippen LogP contribution in [0.4, 0.5) is 0 Å². The summed E-state index contributed by atoms with van der Waals surface area (Å²) in [5, 5.41) is 0. The number of oxazole rings is 1. The van der Waals surface area contributed by atoms with E-state index in [1.807, 2.05) is 85.8 Å². The van der Waals surface area contributed by atoms with Crippen LogP contribution in [0.2, 0.25) is 0 Å². The van der Waals surface area contributed by atoms with Crippen LogP contribution in [-0.2, 0) is 0 Å². The highest BCUT2D eigenvalue weighted by Gasteiger charge is 2.24. The number of carbonyl (C=O) groups excluding carboxylic acids is 1. The summed E-state index contributed by atoms with van der Waals surface area (Å²) in [7, 11) is 0. The van der Waals surface area contributed by atoms with Crippen molar-refractivity contribution in [2.45, 2.75) is 13.0 Å². The molecule has 4 aromatic rings. The van der Waals surface area contributed by atoms with Crippen LogP contribution in [0.15, 0.2) is 94.9 Å². The maximum atomic E-state index is 13.4. The lowest BCUT2D eigenvalue weighted by molar-refractivity contribution is 0.105. The number of aromatic nitrogens is 1. The summed E-state index contributed by atoms with van der Waals surface area (Å²) in [6.45, 7) is 1.97. The molecule has 1 aromatic heterocycles. The Hall–Kier alpha value is -3.92. The normalized spacial score (nSPS) is 16.0. The van der Waals surface area contributed by atoms with Crippen LogP contribution in [0, 0.1) is 0 Å². The monoisotopic (exact) mass is 393 g/mol. The Morgan fingerprint density at radius 1 is 0.933 bits per heavy atom. The second kappa shape index (κ2) is 7.48. The molecule has 0 aliphatic carbocycles. The summed E-state index contributed by atoms with van der Waals surface area (Å²) in [4.78, 5) is 18.0. The maximum Gasteiger partial charge on any atom is 0.231 e. The van der Waals surface area contributed by atoms with Crippen LogP contribution >= 0.6 is 0 Å². The number of para-hydroxylation sites is 3. The van der Waals surface area contributed by atoms with Gasteiger partial charge in [-0.15, -0.1) is 0 Å². The Morgan fingerprint density at radius 2 is 1.67 bits per heavy atom. The number of hydrogen-bond acceptors (Lipinski definition) is 4. The minimum absolute atomic E-state index is 0.144. The van der Waals surface area contributed by atoms with Crippen molar-refractivity contribution < 1.29 is 13.9 Å². The van der Waals surface area contributed by atoms with E-state index in [0.717, 1.165) is 16.9 Å². The Balaban J connectivity index is 1.66. The highest BCUT2D eigenvalue weighted by molar-refractivity contribution is 6.28. The molecule has 0 spiro atoms. The molecule has 0 radical (unpaired) electrons. The number of fused-ring (bicyclic) bond motifs is 2. The molecule has 5 rings (SSSR count). The third-order valence-electron chi connectivity index (χ3n) is 5.13. The van der Waals surface area contributed by atoms with E-state index >= 15 is 0 Å². The van der Waals surface area contributed by atoms with E-state index in [0.29, 0.717) is 28.1 Å². The van der Waals surface area contributed by atoms with Crippen molar-refractivity contribution in [3.05, 3.63) is 108 Å². The van der Waals surface area contributed by atoms with E-state index in [2.05, 4.69) is 4.98 Å². The second-order valence-corrected chi connectivity index (χ2v) is 7.18. The summed E-state index contributed by atoms with van der Waals surface area (Å²) >= 11 is 0. The van der Waals surface area contributed by atoms with Crippen molar-refractivity contribution in [1.29, 1.82) is 0 Å². The molecule has 0 unspecified atom stereocenters. The molecule has 0 saturated carbocycles. The molecule has 30 heavy (non-hydrogen) atoms. The molecule has 2 heterocycles. The van der Waals surface area contributed by atoms with Crippen LogP contribution in [0.5, 0.6) is 5.75 Å². The number of allylic oxidation sites excluding steroid dienone is 1. The van der Waals surface area contributed by atoms with Crippen LogP contribution in [0.1, 0.15) is 28.7 Å². The van der Waals surface area contributed by atoms with Gasteiger partial charge in [0.2, 0.25) is 5.89 Å². The Morgan fingerprint density at radius 3 is 2.50 bits per heavy atom. The lowest BCUT2D eigenvalue weighted by Gasteiger charge is -2.23. The molecule has 0 amide bonds. The first-order valence-electron chi connectivity index (χ1n) is 9.84. The number of nitrogens with zero attached hydrogens (tertiary/aromatic N) is 1. The number of rotatable bonds is 4. The summed E-state index contributed by atoms with van der Waals surface area (Å²) in [6, 6.07) is 24.5. The summed E-state index contributed by atoms with van der Waals surface area (Å²) in [5.41, 5.74) is 4.20. The van der Waals surface area contributed by atoms with Gasteiger partial charge < -0.3 is 9.15 Å². The predicted molar refractivity (Wildman–Crippen MR) is 117 cm³/mol. The molecule has 1 atom stereocenters. The molecule has 146 valence electrons. The number of hydrogen-bond donors (Lipinski definition) is 0. The fourth-order valence-corrected chi connectivity index (χ4v) is 3.55. The molecular formula is C26H19NO3. The fraction of sp³-hybridized carbons (Fsp3) is 0.0769. The van der Waals surface area contributed by atoms with Crippen LogP contribution in [0.25, 0.3) is 22.7 Å². The van der Waals surface area contributed by atoms with Gasteiger partial charge in [0.05, 0.1) is 5.57 Å². The molecular weight excluding hydrogens is 374 g/mol. The van der Waals surface area contributed by atoms with Crippen LogP contribution in [-0.4, -0.2) is 16.9 Å². The minimum Gasteiger partial charge on any atom is -0.485 e. The number of benzene rings is 3. The van der Waals surface area contributed by atoms with Crippen LogP contribution in [0.3, 0.4) is 0 Å². The van der Waals surface area contributed by atoms with Crippen molar-refractivity contribution in [2.75, 3.05) is 0 Å². The molecule has 0 fully saturated rings. The lowest BCUT2D eigenvalue weighted by Crippen LogP contribution is -2.18. The first kappa shape index (κ1) is 18.1. The average molecular weight is 393 g/mol. The van der Waals surface area contributed by atoms with Gasteiger partial charge >= 0.3 is 0 Å². The number of Topliss-reactive ketones (excluding diaryl/α,β-unsaturated/α-hetero) is 1. The van der Waals surface area contributed by atoms with Gasteiger partial charge in [-0.05, 0) is 42.8 Å².